The van der Waals surface area contributed by atoms with Gasteiger partial charge in [-0.2, -0.15) is 0 Å². The number of hydrogen-bond acceptors (Lipinski definition) is 4. The van der Waals surface area contributed by atoms with E-state index in [-0.39, 0.29) is 18.6 Å². The third-order valence-electron chi connectivity index (χ3n) is 5.51. The second kappa shape index (κ2) is 10.1. The molecular weight excluding hydrogens is 318 g/mol. The fourth-order valence-corrected chi connectivity index (χ4v) is 4.19. The molecule has 0 spiro atoms. The number of hydrogen-bond donors (Lipinski definition) is 4. The maximum absolute atomic E-state index is 10.5. The van der Waals surface area contributed by atoms with Gasteiger partial charge >= 0.3 is 5.97 Å². The maximum atomic E-state index is 10.5. The number of fused-ring (bicyclic) bond motifs is 1. The number of allylic oxidation sites excluding steroid dienone is 1. The smallest absolute Gasteiger partial charge is 0.317 e. The van der Waals surface area contributed by atoms with Gasteiger partial charge in [0.15, 0.2) is 0 Å². The fourth-order valence-electron chi connectivity index (χ4n) is 4.19. The molecule has 1 saturated carbocycles. The van der Waals surface area contributed by atoms with Crippen molar-refractivity contribution in [1.82, 2.24) is 5.32 Å². The van der Waals surface area contributed by atoms with Crippen LogP contribution in [-0.4, -0.2) is 46.6 Å². The molecule has 5 heteroatoms. The van der Waals surface area contributed by atoms with Crippen molar-refractivity contribution >= 4 is 5.97 Å². The highest BCUT2D eigenvalue weighted by atomic mass is 16.4. The Morgan fingerprint density at radius 3 is 2.96 bits per heavy atom. The van der Waals surface area contributed by atoms with Crippen LogP contribution in [0.3, 0.4) is 0 Å². The number of carbonyl (C=O) groups is 1. The molecule has 2 rings (SSSR count). The first-order valence-corrected chi connectivity index (χ1v) is 9.67. The number of aliphatic hydroxyl groups is 2. The van der Waals surface area contributed by atoms with Crippen molar-refractivity contribution in [2.45, 2.75) is 64.1 Å². The van der Waals surface area contributed by atoms with Crippen LogP contribution in [-0.2, 0) is 4.79 Å². The van der Waals surface area contributed by atoms with Crippen LogP contribution in [0.2, 0.25) is 0 Å². The lowest BCUT2D eigenvalue weighted by Crippen LogP contribution is -2.23. The first-order chi connectivity index (χ1) is 12.0. The van der Waals surface area contributed by atoms with Crippen molar-refractivity contribution in [3.05, 3.63) is 23.8 Å². The Morgan fingerprint density at radius 2 is 2.24 bits per heavy atom. The summed E-state index contributed by atoms with van der Waals surface area (Å²) in [5.41, 5.74) is 1.36. The maximum Gasteiger partial charge on any atom is 0.317 e. The topological polar surface area (TPSA) is 89.8 Å². The largest absolute Gasteiger partial charge is 0.480 e. The summed E-state index contributed by atoms with van der Waals surface area (Å²) in [6.07, 6.45) is 12.2. The Bertz CT molecular complexity index is 488. The summed E-state index contributed by atoms with van der Waals surface area (Å²) in [5, 5.41) is 32.0. The number of carboxylic acids is 1. The molecule has 0 aromatic rings. The van der Waals surface area contributed by atoms with E-state index in [9.17, 15) is 15.0 Å². The molecule has 0 heterocycles. The Hall–Kier alpha value is -1.17. The zero-order valence-corrected chi connectivity index (χ0v) is 15.2. The molecule has 0 aromatic carbocycles. The van der Waals surface area contributed by atoms with Gasteiger partial charge in [-0.05, 0) is 44.1 Å². The summed E-state index contributed by atoms with van der Waals surface area (Å²) in [4.78, 5) is 10.5. The molecule has 25 heavy (non-hydrogen) atoms. The standard InChI is InChI=1S/C20H33NO4/c1-2-3-4-5-16(22)6-7-17-18-11-14(8-9-21-13-20(24)25)10-15(18)12-19(17)23/h6-7,10,15-19,21-23H,2-5,8-9,11-13H2,1H3,(H,24,25)/b7-6+/t15?,16-,17?,18-,19+/m0/s1. The molecule has 0 radical (unpaired) electrons. The molecule has 4 N–H and O–H groups in total. The first-order valence-electron chi connectivity index (χ1n) is 9.67. The fraction of sp³-hybridized carbons (Fsp3) is 0.750. The minimum absolute atomic E-state index is 0.000133. The highest BCUT2D eigenvalue weighted by Gasteiger charge is 2.43. The highest BCUT2D eigenvalue weighted by Crippen LogP contribution is 2.47. The van der Waals surface area contributed by atoms with Crippen LogP contribution in [0.15, 0.2) is 23.8 Å². The summed E-state index contributed by atoms with van der Waals surface area (Å²) < 4.78 is 0. The lowest BCUT2D eigenvalue weighted by Gasteiger charge is -2.19. The van der Waals surface area contributed by atoms with Crippen molar-refractivity contribution < 1.29 is 20.1 Å². The van der Waals surface area contributed by atoms with E-state index in [1.54, 1.807) is 0 Å². The van der Waals surface area contributed by atoms with Gasteiger partial charge < -0.3 is 20.6 Å². The lowest BCUT2D eigenvalue weighted by molar-refractivity contribution is -0.135. The summed E-state index contributed by atoms with van der Waals surface area (Å²) in [6, 6.07) is 0. The van der Waals surface area contributed by atoms with Gasteiger partial charge in [-0.1, -0.05) is 50.0 Å². The SMILES string of the molecule is CCCCC[C@H](O)/C=C/C1[C@H]2CC(CCNCC(=O)O)=CC2C[C@H]1O. The molecule has 5 nitrogen and oxygen atoms in total. The molecular formula is C20H33NO4. The highest BCUT2D eigenvalue weighted by molar-refractivity contribution is 5.68. The minimum Gasteiger partial charge on any atom is -0.480 e. The normalized spacial score (nSPS) is 29.8. The summed E-state index contributed by atoms with van der Waals surface area (Å²) in [5.74, 6) is 0.120. The number of aliphatic hydroxyl groups excluding tert-OH is 2. The second-order valence-electron chi connectivity index (χ2n) is 7.51. The number of unbranched alkanes of at least 4 members (excludes halogenated alkanes) is 2. The second-order valence-corrected chi connectivity index (χ2v) is 7.51. The number of aliphatic carboxylic acids is 1. The van der Waals surface area contributed by atoms with Crippen molar-refractivity contribution in [2.75, 3.05) is 13.1 Å². The van der Waals surface area contributed by atoms with Gasteiger partial charge in [0, 0.05) is 5.92 Å². The van der Waals surface area contributed by atoms with Gasteiger partial charge in [-0.15, -0.1) is 0 Å². The molecule has 0 bridgehead atoms. The predicted molar refractivity (Wildman–Crippen MR) is 98.2 cm³/mol. The molecule has 0 aliphatic heterocycles. The monoisotopic (exact) mass is 351 g/mol. The molecule has 5 atom stereocenters. The van der Waals surface area contributed by atoms with E-state index in [0.717, 1.165) is 44.9 Å². The van der Waals surface area contributed by atoms with Crippen LogP contribution in [0, 0.1) is 17.8 Å². The average Bonchev–Trinajstić information content (AvgIpc) is 3.06. The van der Waals surface area contributed by atoms with Crippen LogP contribution >= 0.6 is 0 Å². The Morgan fingerprint density at radius 1 is 1.44 bits per heavy atom. The number of carboxylic acid groups (broad SMARTS) is 1. The van der Waals surface area contributed by atoms with Gasteiger partial charge in [-0.25, -0.2) is 0 Å². The number of rotatable bonds is 11. The molecule has 0 aromatic heterocycles. The van der Waals surface area contributed by atoms with E-state index in [2.05, 4.69) is 18.3 Å². The van der Waals surface area contributed by atoms with Crippen LogP contribution in [0.5, 0.6) is 0 Å². The summed E-state index contributed by atoms with van der Waals surface area (Å²) in [6.45, 7) is 2.83. The van der Waals surface area contributed by atoms with E-state index in [1.807, 2.05) is 12.2 Å². The minimum atomic E-state index is -0.830. The molecule has 142 valence electrons. The van der Waals surface area contributed by atoms with Crippen LogP contribution < -0.4 is 5.32 Å². The third-order valence-corrected chi connectivity index (χ3v) is 5.51. The van der Waals surface area contributed by atoms with E-state index >= 15 is 0 Å². The molecule has 2 aliphatic rings. The summed E-state index contributed by atoms with van der Waals surface area (Å²) >= 11 is 0. The molecule has 2 unspecified atom stereocenters. The Labute approximate surface area is 150 Å². The molecule has 1 fully saturated rings. The van der Waals surface area contributed by atoms with Gasteiger partial charge in [-0.3, -0.25) is 4.79 Å². The Kier molecular flexibility index (Phi) is 8.13. The van der Waals surface area contributed by atoms with Gasteiger partial charge in [0.2, 0.25) is 0 Å². The molecule has 0 saturated heterocycles. The van der Waals surface area contributed by atoms with Crippen LogP contribution in [0.4, 0.5) is 0 Å². The van der Waals surface area contributed by atoms with Gasteiger partial charge in [0.05, 0.1) is 18.8 Å². The van der Waals surface area contributed by atoms with Gasteiger partial charge in [0.1, 0.15) is 0 Å². The molecule has 0 amide bonds. The first kappa shape index (κ1) is 20.1. The van der Waals surface area contributed by atoms with E-state index in [4.69, 9.17) is 5.11 Å². The van der Waals surface area contributed by atoms with Gasteiger partial charge in [0.25, 0.3) is 0 Å². The van der Waals surface area contributed by atoms with E-state index < -0.39 is 12.1 Å². The zero-order valence-electron chi connectivity index (χ0n) is 15.2. The molecule has 2 aliphatic carbocycles. The quantitative estimate of drug-likeness (QED) is 0.339. The van der Waals surface area contributed by atoms with Crippen LogP contribution in [0.25, 0.3) is 0 Å². The number of nitrogens with one attached hydrogen (secondary N) is 1. The van der Waals surface area contributed by atoms with Crippen molar-refractivity contribution in [3.8, 4) is 0 Å². The predicted octanol–water partition coefficient (Wildman–Crippen LogP) is 2.49. The lowest BCUT2D eigenvalue weighted by atomic mass is 9.88. The van der Waals surface area contributed by atoms with Crippen molar-refractivity contribution in [2.24, 2.45) is 17.8 Å². The third kappa shape index (κ3) is 6.24. The zero-order chi connectivity index (χ0) is 18.2. The van der Waals surface area contributed by atoms with E-state index in [1.165, 1.54) is 5.57 Å². The average molecular weight is 351 g/mol. The Balaban J connectivity index is 1.78. The van der Waals surface area contributed by atoms with Crippen molar-refractivity contribution in [3.63, 3.8) is 0 Å². The van der Waals surface area contributed by atoms with Crippen molar-refractivity contribution in [1.29, 1.82) is 0 Å². The summed E-state index contributed by atoms with van der Waals surface area (Å²) in [7, 11) is 0. The van der Waals surface area contributed by atoms with E-state index in [0.29, 0.717) is 18.4 Å². The van der Waals surface area contributed by atoms with Crippen LogP contribution in [0.1, 0.15) is 51.9 Å².